The Balaban J connectivity index is 1.51. The molecule has 1 aliphatic rings. The molecule has 0 spiro atoms. The first-order chi connectivity index (χ1) is 13.8. The Morgan fingerprint density at radius 3 is 2.41 bits per heavy atom. The van der Waals surface area contributed by atoms with Crippen molar-refractivity contribution in [2.24, 2.45) is 0 Å². The summed E-state index contributed by atoms with van der Waals surface area (Å²) in [5.74, 6) is -1.75. The van der Waals surface area contributed by atoms with Gasteiger partial charge in [0.1, 0.15) is 5.75 Å². The number of carbonyl (C=O) groups is 1. The number of hydrogen-bond acceptors (Lipinski definition) is 4. The largest absolute Gasteiger partial charge is 0.493 e. The molecule has 156 valence electrons. The lowest BCUT2D eigenvalue weighted by molar-refractivity contribution is -0.132. The quantitative estimate of drug-likeness (QED) is 0.715. The summed E-state index contributed by atoms with van der Waals surface area (Å²) in [7, 11) is -3.94. The zero-order chi connectivity index (χ0) is 21.0. The SMILES string of the molecule is Cc1cccc(OCCC(=O)N2CCN(S(=O)(=O)c3ccc(F)c(F)c3)CC2)c1. The molecule has 1 fully saturated rings. The molecule has 0 radical (unpaired) electrons. The second-order valence-corrected chi connectivity index (χ2v) is 8.71. The Kier molecular flexibility index (Phi) is 6.49. The Morgan fingerprint density at radius 2 is 1.76 bits per heavy atom. The molecule has 0 unspecified atom stereocenters. The lowest BCUT2D eigenvalue weighted by atomic mass is 10.2. The van der Waals surface area contributed by atoms with E-state index >= 15 is 0 Å². The molecule has 0 bridgehead atoms. The molecule has 2 aromatic carbocycles. The van der Waals surface area contributed by atoms with Gasteiger partial charge in [-0.3, -0.25) is 4.79 Å². The number of ether oxygens (including phenoxy) is 1. The minimum atomic E-state index is -3.94. The number of benzene rings is 2. The van der Waals surface area contributed by atoms with Crippen LogP contribution >= 0.6 is 0 Å². The average molecular weight is 424 g/mol. The van der Waals surface area contributed by atoms with E-state index < -0.39 is 21.7 Å². The lowest BCUT2D eigenvalue weighted by Crippen LogP contribution is -2.50. The Hall–Kier alpha value is -2.52. The van der Waals surface area contributed by atoms with Crippen LogP contribution in [0.4, 0.5) is 8.78 Å². The van der Waals surface area contributed by atoms with E-state index in [1.807, 2.05) is 31.2 Å². The van der Waals surface area contributed by atoms with E-state index in [2.05, 4.69) is 0 Å². The maximum Gasteiger partial charge on any atom is 0.243 e. The first-order valence-electron chi connectivity index (χ1n) is 9.20. The number of halogens is 2. The first-order valence-corrected chi connectivity index (χ1v) is 10.6. The Labute approximate surface area is 168 Å². The molecule has 1 saturated heterocycles. The molecule has 0 N–H and O–H groups in total. The van der Waals surface area contributed by atoms with Crippen LogP contribution in [0.25, 0.3) is 0 Å². The third-order valence-corrected chi connectivity index (χ3v) is 6.59. The van der Waals surface area contributed by atoms with E-state index in [4.69, 9.17) is 4.74 Å². The summed E-state index contributed by atoms with van der Waals surface area (Å²) >= 11 is 0. The van der Waals surface area contributed by atoms with Crippen molar-refractivity contribution in [2.45, 2.75) is 18.2 Å². The smallest absolute Gasteiger partial charge is 0.243 e. The second-order valence-electron chi connectivity index (χ2n) is 6.78. The van der Waals surface area contributed by atoms with Crippen molar-refractivity contribution in [2.75, 3.05) is 32.8 Å². The molecule has 29 heavy (non-hydrogen) atoms. The van der Waals surface area contributed by atoms with Gasteiger partial charge in [0.2, 0.25) is 15.9 Å². The summed E-state index contributed by atoms with van der Waals surface area (Å²) in [6, 6.07) is 10.0. The van der Waals surface area contributed by atoms with Crippen LogP contribution in [0.15, 0.2) is 47.4 Å². The highest BCUT2D eigenvalue weighted by Gasteiger charge is 2.30. The number of rotatable bonds is 6. The molecule has 0 atom stereocenters. The van der Waals surface area contributed by atoms with Gasteiger partial charge in [-0.15, -0.1) is 0 Å². The molecular formula is C20H22F2N2O4S. The lowest BCUT2D eigenvalue weighted by Gasteiger charge is -2.34. The van der Waals surface area contributed by atoms with Gasteiger partial charge in [0.25, 0.3) is 0 Å². The van der Waals surface area contributed by atoms with Crippen LogP contribution in [-0.2, 0) is 14.8 Å². The zero-order valence-corrected chi connectivity index (χ0v) is 16.8. The highest BCUT2D eigenvalue weighted by atomic mass is 32.2. The molecule has 1 amide bonds. The van der Waals surface area contributed by atoms with Crippen molar-refractivity contribution < 1.29 is 26.7 Å². The normalized spacial score (nSPS) is 15.3. The standard InChI is InChI=1S/C20H22F2N2O4S/c1-15-3-2-4-16(13-15)28-12-7-20(25)23-8-10-24(11-9-23)29(26,27)17-5-6-18(21)19(22)14-17/h2-6,13-14H,7-12H2,1H3. The fraction of sp³-hybridized carbons (Fsp3) is 0.350. The third-order valence-electron chi connectivity index (χ3n) is 4.69. The third kappa shape index (κ3) is 5.10. The van der Waals surface area contributed by atoms with Gasteiger partial charge < -0.3 is 9.64 Å². The number of aryl methyl sites for hydroxylation is 1. The van der Waals surface area contributed by atoms with Crippen LogP contribution in [-0.4, -0.2) is 56.3 Å². The van der Waals surface area contributed by atoms with E-state index in [0.717, 1.165) is 17.7 Å². The molecule has 2 aromatic rings. The number of nitrogens with zero attached hydrogens (tertiary/aromatic N) is 2. The summed E-state index contributed by atoms with van der Waals surface area (Å²) in [6.45, 7) is 2.82. The van der Waals surface area contributed by atoms with Gasteiger partial charge in [0.15, 0.2) is 11.6 Å². The minimum absolute atomic E-state index is 0.0891. The van der Waals surface area contributed by atoms with Crippen molar-refractivity contribution in [3.8, 4) is 5.75 Å². The first kappa shape index (κ1) is 21.2. The van der Waals surface area contributed by atoms with Gasteiger partial charge >= 0.3 is 0 Å². The molecule has 1 aliphatic heterocycles. The van der Waals surface area contributed by atoms with E-state index in [1.165, 1.54) is 4.31 Å². The topological polar surface area (TPSA) is 66.9 Å². The molecule has 3 rings (SSSR count). The van der Waals surface area contributed by atoms with Crippen LogP contribution in [0.2, 0.25) is 0 Å². The number of carbonyl (C=O) groups excluding carboxylic acids is 1. The summed E-state index contributed by atoms with van der Waals surface area (Å²) in [5.41, 5.74) is 1.06. The number of amides is 1. The fourth-order valence-electron chi connectivity index (χ4n) is 3.08. The van der Waals surface area contributed by atoms with E-state index in [9.17, 15) is 22.0 Å². The predicted octanol–water partition coefficient (Wildman–Crippen LogP) is 2.58. The van der Waals surface area contributed by atoms with Gasteiger partial charge in [-0.05, 0) is 42.8 Å². The molecular weight excluding hydrogens is 402 g/mol. The Morgan fingerprint density at radius 1 is 1.03 bits per heavy atom. The van der Waals surface area contributed by atoms with Crippen LogP contribution in [0.1, 0.15) is 12.0 Å². The molecule has 6 nitrogen and oxygen atoms in total. The summed E-state index contributed by atoms with van der Waals surface area (Å²) in [4.78, 5) is 13.6. The number of piperazine rings is 1. The molecule has 0 saturated carbocycles. The van der Waals surface area contributed by atoms with Crippen molar-refractivity contribution in [1.29, 1.82) is 0 Å². The van der Waals surface area contributed by atoms with Gasteiger partial charge in [-0.2, -0.15) is 4.31 Å². The van der Waals surface area contributed by atoms with Crippen molar-refractivity contribution in [3.05, 3.63) is 59.7 Å². The monoisotopic (exact) mass is 424 g/mol. The highest BCUT2D eigenvalue weighted by Crippen LogP contribution is 2.20. The van der Waals surface area contributed by atoms with E-state index in [-0.39, 0.29) is 50.0 Å². The fourth-order valence-corrected chi connectivity index (χ4v) is 4.52. The Bertz CT molecular complexity index is 990. The van der Waals surface area contributed by atoms with Gasteiger partial charge in [0.05, 0.1) is 17.9 Å². The molecule has 1 heterocycles. The highest BCUT2D eigenvalue weighted by molar-refractivity contribution is 7.89. The average Bonchev–Trinajstić information content (AvgIpc) is 2.70. The molecule has 9 heteroatoms. The molecule has 0 aliphatic carbocycles. The summed E-state index contributed by atoms with van der Waals surface area (Å²) < 4.78 is 58.4. The maximum absolute atomic E-state index is 13.4. The van der Waals surface area contributed by atoms with Crippen LogP contribution < -0.4 is 4.74 Å². The zero-order valence-electron chi connectivity index (χ0n) is 16.0. The van der Waals surface area contributed by atoms with Crippen molar-refractivity contribution >= 4 is 15.9 Å². The molecule has 0 aromatic heterocycles. The summed E-state index contributed by atoms with van der Waals surface area (Å²) in [6.07, 6.45) is 0.184. The van der Waals surface area contributed by atoms with E-state index in [1.54, 1.807) is 4.90 Å². The van der Waals surface area contributed by atoms with E-state index in [0.29, 0.717) is 11.8 Å². The maximum atomic E-state index is 13.4. The van der Waals surface area contributed by atoms with Crippen LogP contribution in [0, 0.1) is 18.6 Å². The van der Waals surface area contributed by atoms with Crippen LogP contribution in [0.3, 0.4) is 0 Å². The van der Waals surface area contributed by atoms with Crippen LogP contribution in [0.5, 0.6) is 5.75 Å². The second kappa shape index (κ2) is 8.87. The summed E-state index contributed by atoms with van der Waals surface area (Å²) in [5, 5.41) is 0. The van der Waals surface area contributed by atoms with Gasteiger partial charge in [-0.25, -0.2) is 17.2 Å². The predicted molar refractivity (Wildman–Crippen MR) is 103 cm³/mol. The minimum Gasteiger partial charge on any atom is -0.493 e. The van der Waals surface area contributed by atoms with Crippen molar-refractivity contribution in [1.82, 2.24) is 9.21 Å². The van der Waals surface area contributed by atoms with Gasteiger partial charge in [0, 0.05) is 26.2 Å². The van der Waals surface area contributed by atoms with Gasteiger partial charge in [-0.1, -0.05) is 12.1 Å². The number of sulfonamides is 1. The number of hydrogen-bond donors (Lipinski definition) is 0. The van der Waals surface area contributed by atoms with Crippen molar-refractivity contribution in [3.63, 3.8) is 0 Å².